The molecule has 1 heterocycles. The second-order valence-electron chi connectivity index (χ2n) is 6.29. The lowest BCUT2D eigenvalue weighted by molar-refractivity contribution is -0.144. The molecule has 0 bridgehead atoms. The van der Waals surface area contributed by atoms with Crippen molar-refractivity contribution in [1.29, 1.82) is 5.26 Å². The van der Waals surface area contributed by atoms with Crippen LogP contribution in [0.3, 0.4) is 0 Å². The molecular formula is C20H28N2O6. The first kappa shape index (κ1) is 21.8. The zero-order valence-corrected chi connectivity index (χ0v) is 16.9. The van der Waals surface area contributed by atoms with Crippen LogP contribution >= 0.6 is 0 Å². The predicted octanol–water partition coefficient (Wildman–Crippen LogP) is 2.11. The molecule has 1 fully saturated rings. The predicted molar refractivity (Wildman–Crippen MR) is 102 cm³/mol. The van der Waals surface area contributed by atoms with Crippen LogP contribution in [-0.2, 0) is 19.8 Å². The van der Waals surface area contributed by atoms with E-state index in [0.29, 0.717) is 55.7 Å². The van der Waals surface area contributed by atoms with Crippen molar-refractivity contribution >= 4 is 5.97 Å². The van der Waals surface area contributed by atoms with E-state index in [-0.39, 0.29) is 18.8 Å². The summed E-state index contributed by atoms with van der Waals surface area (Å²) in [6.07, 6.45) is 0.399. The number of benzene rings is 1. The molecule has 8 heteroatoms. The van der Waals surface area contributed by atoms with E-state index < -0.39 is 5.54 Å². The Bertz CT molecular complexity index is 686. The van der Waals surface area contributed by atoms with Gasteiger partial charge in [-0.3, -0.25) is 9.69 Å². The van der Waals surface area contributed by atoms with Crippen LogP contribution < -0.4 is 14.2 Å². The van der Waals surface area contributed by atoms with E-state index >= 15 is 0 Å². The molecule has 1 aliphatic heterocycles. The van der Waals surface area contributed by atoms with Crippen molar-refractivity contribution in [2.75, 3.05) is 54.2 Å². The van der Waals surface area contributed by atoms with Crippen molar-refractivity contribution in [1.82, 2.24) is 4.90 Å². The van der Waals surface area contributed by atoms with Crippen LogP contribution in [0.2, 0.25) is 0 Å². The Hall–Kier alpha value is -2.50. The van der Waals surface area contributed by atoms with Gasteiger partial charge in [-0.15, -0.1) is 0 Å². The van der Waals surface area contributed by atoms with Crippen molar-refractivity contribution in [3.63, 3.8) is 0 Å². The molecule has 0 spiro atoms. The second-order valence-corrected chi connectivity index (χ2v) is 6.29. The summed E-state index contributed by atoms with van der Waals surface area (Å²) in [4.78, 5) is 14.1. The molecule has 0 N–H and O–H groups in total. The first-order valence-electron chi connectivity index (χ1n) is 9.26. The molecule has 28 heavy (non-hydrogen) atoms. The highest BCUT2D eigenvalue weighted by molar-refractivity contribution is 5.69. The Kier molecular flexibility index (Phi) is 7.91. The van der Waals surface area contributed by atoms with Crippen LogP contribution in [0.4, 0.5) is 0 Å². The van der Waals surface area contributed by atoms with Gasteiger partial charge in [-0.2, -0.15) is 5.26 Å². The SMILES string of the molecule is CCOC(=O)CC[C@@](C#N)(c1cc(OC)c(OC)c(OC)c1)N1CCOCC1. The molecule has 0 aliphatic carbocycles. The quantitative estimate of drug-likeness (QED) is 0.590. The molecule has 1 aromatic carbocycles. The van der Waals surface area contributed by atoms with E-state index in [9.17, 15) is 10.1 Å². The van der Waals surface area contributed by atoms with Gasteiger partial charge >= 0.3 is 5.97 Å². The summed E-state index contributed by atoms with van der Waals surface area (Å²) in [7, 11) is 4.59. The van der Waals surface area contributed by atoms with E-state index in [2.05, 4.69) is 6.07 Å². The third-order valence-corrected chi connectivity index (χ3v) is 4.87. The maximum absolute atomic E-state index is 12.0. The highest BCUT2D eigenvalue weighted by Crippen LogP contribution is 2.44. The monoisotopic (exact) mass is 392 g/mol. The summed E-state index contributed by atoms with van der Waals surface area (Å²) in [5.41, 5.74) is -0.376. The number of rotatable bonds is 9. The molecule has 1 aliphatic rings. The van der Waals surface area contributed by atoms with Gasteiger partial charge in [0.2, 0.25) is 5.75 Å². The maximum atomic E-state index is 12.0. The number of morpholine rings is 1. The Morgan fingerprint density at radius 1 is 1.18 bits per heavy atom. The summed E-state index contributed by atoms with van der Waals surface area (Å²) in [5.74, 6) is 1.04. The Balaban J connectivity index is 2.53. The topological polar surface area (TPSA) is 90.3 Å². The van der Waals surface area contributed by atoms with Crippen LogP contribution in [0.15, 0.2) is 12.1 Å². The van der Waals surface area contributed by atoms with Gasteiger partial charge in [-0.1, -0.05) is 0 Å². The van der Waals surface area contributed by atoms with Crippen LogP contribution in [0.5, 0.6) is 17.2 Å². The maximum Gasteiger partial charge on any atom is 0.305 e. The average molecular weight is 392 g/mol. The normalized spacial score (nSPS) is 16.5. The minimum Gasteiger partial charge on any atom is -0.493 e. The number of hydrogen-bond donors (Lipinski definition) is 0. The van der Waals surface area contributed by atoms with Crippen LogP contribution in [-0.4, -0.2) is 65.1 Å². The molecule has 1 atom stereocenters. The highest BCUT2D eigenvalue weighted by Gasteiger charge is 2.41. The number of nitriles is 1. The summed E-state index contributed by atoms with van der Waals surface area (Å²) in [6.45, 7) is 4.26. The van der Waals surface area contributed by atoms with Gasteiger partial charge in [0.1, 0.15) is 5.54 Å². The molecule has 8 nitrogen and oxygen atoms in total. The summed E-state index contributed by atoms with van der Waals surface area (Å²) >= 11 is 0. The minimum absolute atomic E-state index is 0.120. The molecule has 0 saturated carbocycles. The number of carbonyl (C=O) groups excluding carboxylic acids is 1. The van der Waals surface area contributed by atoms with Gasteiger partial charge in [-0.25, -0.2) is 0 Å². The number of hydrogen-bond acceptors (Lipinski definition) is 8. The van der Waals surface area contributed by atoms with E-state index in [1.54, 1.807) is 19.1 Å². The van der Waals surface area contributed by atoms with Gasteiger partial charge in [0, 0.05) is 19.5 Å². The highest BCUT2D eigenvalue weighted by atomic mass is 16.5. The molecule has 154 valence electrons. The van der Waals surface area contributed by atoms with E-state index in [1.165, 1.54) is 21.3 Å². The van der Waals surface area contributed by atoms with E-state index in [4.69, 9.17) is 23.7 Å². The summed E-state index contributed by atoms with van der Waals surface area (Å²) in [5, 5.41) is 10.3. The third kappa shape index (κ3) is 4.49. The number of esters is 1. The smallest absolute Gasteiger partial charge is 0.305 e. The molecule has 1 saturated heterocycles. The standard InChI is InChI=1S/C20H28N2O6/c1-5-28-18(23)6-7-20(14-21,22-8-10-27-11-9-22)15-12-16(24-2)19(26-4)17(13-15)25-3/h12-13H,5-11H2,1-4H3/t20-/m1/s1. The average Bonchev–Trinajstić information content (AvgIpc) is 2.74. The van der Waals surface area contributed by atoms with Crippen molar-refractivity contribution < 1.29 is 28.5 Å². The van der Waals surface area contributed by atoms with Crippen molar-refractivity contribution in [3.8, 4) is 23.3 Å². The minimum atomic E-state index is -1.05. The van der Waals surface area contributed by atoms with Crippen molar-refractivity contribution in [2.45, 2.75) is 25.3 Å². The molecule has 1 aromatic rings. The van der Waals surface area contributed by atoms with E-state index in [0.717, 1.165) is 0 Å². The van der Waals surface area contributed by atoms with Crippen LogP contribution in [0, 0.1) is 11.3 Å². The number of ether oxygens (including phenoxy) is 5. The molecule has 0 unspecified atom stereocenters. The lowest BCUT2D eigenvalue weighted by Gasteiger charge is -2.41. The lowest BCUT2D eigenvalue weighted by Crippen LogP contribution is -2.51. The van der Waals surface area contributed by atoms with Gasteiger partial charge in [0.15, 0.2) is 11.5 Å². The molecular weight excluding hydrogens is 364 g/mol. The fourth-order valence-corrected chi connectivity index (χ4v) is 3.46. The molecule has 0 radical (unpaired) electrons. The second kappa shape index (κ2) is 10.2. The van der Waals surface area contributed by atoms with Crippen LogP contribution in [0.1, 0.15) is 25.3 Å². The van der Waals surface area contributed by atoms with Crippen LogP contribution in [0.25, 0.3) is 0 Å². The zero-order valence-electron chi connectivity index (χ0n) is 16.9. The van der Waals surface area contributed by atoms with Gasteiger partial charge in [-0.05, 0) is 31.0 Å². The fourth-order valence-electron chi connectivity index (χ4n) is 3.46. The van der Waals surface area contributed by atoms with Crippen molar-refractivity contribution in [3.05, 3.63) is 17.7 Å². The van der Waals surface area contributed by atoms with Gasteiger partial charge < -0.3 is 23.7 Å². The first-order chi connectivity index (χ1) is 13.6. The number of methoxy groups -OCH3 is 3. The lowest BCUT2D eigenvalue weighted by atomic mass is 9.84. The molecule has 0 aromatic heterocycles. The van der Waals surface area contributed by atoms with Gasteiger partial charge in [0.05, 0.1) is 47.2 Å². The van der Waals surface area contributed by atoms with Crippen molar-refractivity contribution in [2.24, 2.45) is 0 Å². The summed E-state index contributed by atoms with van der Waals surface area (Å²) in [6, 6.07) is 5.99. The Morgan fingerprint density at radius 2 is 1.79 bits per heavy atom. The first-order valence-corrected chi connectivity index (χ1v) is 9.26. The fraction of sp³-hybridized carbons (Fsp3) is 0.600. The Labute approximate surface area is 165 Å². The molecule has 0 amide bonds. The summed E-state index contributed by atoms with van der Waals surface area (Å²) < 4.78 is 26.8. The number of nitrogens with zero attached hydrogens (tertiary/aromatic N) is 2. The largest absolute Gasteiger partial charge is 0.493 e. The van der Waals surface area contributed by atoms with E-state index in [1.807, 2.05) is 4.90 Å². The Morgan fingerprint density at radius 3 is 2.25 bits per heavy atom. The zero-order chi connectivity index (χ0) is 20.6. The van der Waals surface area contributed by atoms with Gasteiger partial charge in [0.25, 0.3) is 0 Å². The number of carbonyl (C=O) groups is 1. The molecule has 2 rings (SSSR count). The third-order valence-electron chi connectivity index (χ3n) is 4.87.